The van der Waals surface area contributed by atoms with Gasteiger partial charge in [-0.15, -0.1) is 0 Å². The van der Waals surface area contributed by atoms with Gasteiger partial charge in [-0.3, -0.25) is 0 Å². The zero-order valence-electron chi connectivity index (χ0n) is 11.8. The van der Waals surface area contributed by atoms with Crippen molar-refractivity contribution in [2.24, 2.45) is 0 Å². The summed E-state index contributed by atoms with van der Waals surface area (Å²) in [5.41, 5.74) is 2.08. The van der Waals surface area contributed by atoms with Crippen LogP contribution in [-0.4, -0.2) is 32.9 Å². The monoisotopic (exact) mass is 262 g/mol. The summed E-state index contributed by atoms with van der Waals surface area (Å²) >= 11 is 0. The number of anilines is 1. The second-order valence-electron chi connectivity index (χ2n) is 5.74. The Morgan fingerprint density at radius 1 is 1.32 bits per heavy atom. The molecule has 2 rings (SSSR count). The van der Waals surface area contributed by atoms with Gasteiger partial charge in [0.05, 0.1) is 5.69 Å². The van der Waals surface area contributed by atoms with Crippen LogP contribution in [0.5, 0.6) is 0 Å². The van der Waals surface area contributed by atoms with Gasteiger partial charge in [0, 0.05) is 31.0 Å². The highest BCUT2D eigenvalue weighted by atomic mass is 16.2. The number of aromatic nitrogens is 3. The Bertz CT molecular complexity index is 542. The molecule has 19 heavy (non-hydrogen) atoms. The van der Waals surface area contributed by atoms with E-state index in [4.69, 9.17) is 5.11 Å². The Labute approximate surface area is 113 Å². The third-order valence-electron chi connectivity index (χ3n) is 3.04. The summed E-state index contributed by atoms with van der Waals surface area (Å²) in [5.74, 6) is 0.850. The van der Waals surface area contributed by atoms with Gasteiger partial charge < -0.3 is 10.4 Å². The number of nitrogens with one attached hydrogen (secondary N) is 1. The van der Waals surface area contributed by atoms with Gasteiger partial charge >= 0.3 is 0 Å². The van der Waals surface area contributed by atoms with E-state index in [0.29, 0.717) is 0 Å². The molecule has 2 aromatic rings. The Morgan fingerprint density at radius 3 is 2.79 bits per heavy atom. The Morgan fingerprint density at radius 2 is 2.11 bits per heavy atom. The molecular weight excluding hydrogens is 240 g/mol. The van der Waals surface area contributed by atoms with Crippen molar-refractivity contribution >= 4 is 11.3 Å². The van der Waals surface area contributed by atoms with Crippen LogP contribution in [0.15, 0.2) is 18.5 Å². The maximum atomic E-state index is 8.77. The largest absolute Gasteiger partial charge is 0.396 e. The lowest BCUT2D eigenvalue weighted by molar-refractivity contribution is 0.286. The zero-order chi connectivity index (χ0) is 13.9. The predicted octanol–water partition coefficient (Wildman–Crippen LogP) is 2.21. The molecule has 0 aliphatic rings. The lowest BCUT2D eigenvalue weighted by Crippen LogP contribution is -2.11. The average molecular weight is 262 g/mol. The summed E-state index contributed by atoms with van der Waals surface area (Å²) in [6.07, 6.45) is 5.35. The molecule has 0 unspecified atom stereocenters. The normalized spacial score (nSPS) is 12.0. The standard InChI is InChI=1S/C14H22N4O/c1-14(2,3)12-10-11-13(15-6-4-5-9-19)16-7-8-18(11)17-12/h7-8,10,19H,4-6,9H2,1-3H3,(H,15,16). The number of nitrogens with zero attached hydrogens (tertiary/aromatic N) is 3. The maximum Gasteiger partial charge on any atom is 0.152 e. The highest BCUT2D eigenvalue weighted by molar-refractivity contribution is 5.68. The summed E-state index contributed by atoms with van der Waals surface area (Å²) in [7, 11) is 0. The van der Waals surface area contributed by atoms with E-state index >= 15 is 0 Å². The number of hydrogen-bond acceptors (Lipinski definition) is 4. The van der Waals surface area contributed by atoms with Gasteiger partial charge in [-0.2, -0.15) is 5.10 Å². The van der Waals surface area contributed by atoms with E-state index in [1.807, 2.05) is 10.7 Å². The first-order chi connectivity index (χ1) is 9.02. The maximum absolute atomic E-state index is 8.77. The van der Waals surface area contributed by atoms with Crippen molar-refractivity contribution < 1.29 is 5.11 Å². The van der Waals surface area contributed by atoms with Crippen molar-refractivity contribution in [3.05, 3.63) is 24.2 Å². The second-order valence-corrected chi connectivity index (χ2v) is 5.74. The molecule has 0 spiro atoms. The third-order valence-corrected chi connectivity index (χ3v) is 3.04. The van der Waals surface area contributed by atoms with Crippen molar-refractivity contribution in [2.45, 2.75) is 39.0 Å². The van der Waals surface area contributed by atoms with Gasteiger partial charge in [-0.1, -0.05) is 20.8 Å². The van der Waals surface area contributed by atoms with Crippen molar-refractivity contribution in [3.63, 3.8) is 0 Å². The minimum atomic E-state index is 0.0280. The number of unbranched alkanes of at least 4 members (excludes halogenated alkanes) is 1. The van der Waals surface area contributed by atoms with E-state index in [9.17, 15) is 0 Å². The van der Waals surface area contributed by atoms with E-state index in [-0.39, 0.29) is 12.0 Å². The Balaban J connectivity index is 2.22. The molecule has 0 fully saturated rings. The van der Waals surface area contributed by atoms with Gasteiger partial charge in [0.2, 0.25) is 0 Å². The summed E-state index contributed by atoms with van der Waals surface area (Å²) in [4.78, 5) is 4.37. The first-order valence-electron chi connectivity index (χ1n) is 6.72. The minimum absolute atomic E-state index is 0.0280. The summed E-state index contributed by atoms with van der Waals surface area (Å²) in [6, 6.07) is 2.08. The minimum Gasteiger partial charge on any atom is -0.396 e. The van der Waals surface area contributed by atoms with Gasteiger partial charge in [0.1, 0.15) is 5.52 Å². The smallest absolute Gasteiger partial charge is 0.152 e. The van der Waals surface area contributed by atoms with Gasteiger partial charge in [-0.25, -0.2) is 9.50 Å². The topological polar surface area (TPSA) is 62.5 Å². The molecule has 0 aromatic carbocycles. The summed E-state index contributed by atoms with van der Waals surface area (Å²) in [6.45, 7) is 7.49. The molecule has 5 heteroatoms. The lowest BCUT2D eigenvalue weighted by Gasteiger charge is -2.13. The van der Waals surface area contributed by atoms with Crippen LogP contribution < -0.4 is 5.32 Å². The predicted molar refractivity (Wildman–Crippen MR) is 76.5 cm³/mol. The van der Waals surface area contributed by atoms with Crippen molar-refractivity contribution in [1.29, 1.82) is 0 Å². The van der Waals surface area contributed by atoms with Gasteiger partial charge in [-0.05, 0) is 18.9 Å². The molecule has 0 saturated heterocycles. The van der Waals surface area contributed by atoms with Crippen LogP contribution in [0.2, 0.25) is 0 Å². The highest BCUT2D eigenvalue weighted by Gasteiger charge is 2.18. The van der Waals surface area contributed by atoms with E-state index < -0.39 is 0 Å². The molecule has 0 aliphatic heterocycles. The number of rotatable bonds is 5. The van der Waals surface area contributed by atoms with Crippen LogP contribution in [-0.2, 0) is 5.41 Å². The third kappa shape index (κ3) is 3.23. The molecule has 2 aromatic heterocycles. The Kier molecular flexibility index (Phi) is 4.04. The zero-order valence-corrected chi connectivity index (χ0v) is 11.8. The molecule has 0 radical (unpaired) electrons. The van der Waals surface area contributed by atoms with Gasteiger partial charge in [0.25, 0.3) is 0 Å². The fraction of sp³-hybridized carbons (Fsp3) is 0.571. The van der Waals surface area contributed by atoms with Crippen LogP contribution in [0.4, 0.5) is 5.82 Å². The van der Waals surface area contributed by atoms with Gasteiger partial charge in [0.15, 0.2) is 5.82 Å². The number of aliphatic hydroxyl groups is 1. The number of aliphatic hydroxyl groups excluding tert-OH is 1. The fourth-order valence-electron chi connectivity index (χ4n) is 1.87. The molecule has 5 nitrogen and oxygen atoms in total. The van der Waals surface area contributed by atoms with E-state index in [0.717, 1.165) is 36.4 Å². The average Bonchev–Trinajstić information content (AvgIpc) is 2.79. The SMILES string of the molecule is CC(C)(C)c1cc2c(NCCCCO)nccn2n1. The van der Waals surface area contributed by atoms with Crippen molar-refractivity contribution in [3.8, 4) is 0 Å². The molecule has 2 heterocycles. The molecule has 2 N–H and O–H groups in total. The molecule has 0 saturated carbocycles. The first-order valence-corrected chi connectivity index (χ1v) is 6.72. The van der Waals surface area contributed by atoms with Crippen molar-refractivity contribution in [1.82, 2.24) is 14.6 Å². The van der Waals surface area contributed by atoms with E-state index in [2.05, 4.69) is 42.2 Å². The highest BCUT2D eigenvalue weighted by Crippen LogP contribution is 2.24. The van der Waals surface area contributed by atoms with Crippen LogP contribution in [0, 0.1) is 0 Å². The van der Waals surface area contributed by atoms with Crippen LogP contribution in [0.1, 0.15) is 39.3 Å². The Hall–Kier alpha value is -1.62. The lowest BCUT2D eigenvalue weighted by atomic mass is 9.92. The molecule has 0 atom stereocenters. The van der Waals surface area contributed by atoms with Crippen LogP contribution >= 0.6 is 0 Å². The quantitative estimate of drug-likeness (QED) is 0.811. The summed E-state index contributed by atoms with van der Waals surface area (Å²) < 4.78 is 1.86. The molecule has 104 valence electrons. The molecule has 0 bridgehead atoms. The summed E-state index contributed by atoms with van der Waals surface area (Å²) in [5, 5.41) is 16.7. The second kappa shape index (κ2) is 5.57. The number of fused-ring (bicyclic) bond motifs is 1. The van der Waals surface area contributed by atoms with Crippen LogP contribution in [0.3, 0.4) is 0 Å². The van der Waals surface area contributed by atoms with E-state index in [1.54, 1.807) is 6.20 Å². The van der Waals surface area contributed by atoms with E-state index in [1.165, 1.54) is 0 Å². The molecular formula is C14H22N4O. The fourth-order valence-corrected chi connectivity index (χ4v) is 1.87. The molecule has 0 aliphatic carbocycles. The number of hydrogen-bond donors (Lipinski definition) is 2. The molecule has 0 amide bonds. The first kappa shape index (κ1) is 13.8. The van der Waals surface area contributed by atoms with Crippen molar-refractivity contribution in [2.75, 3.05) is 18.5 Å². The van der Waals surface area contributed by atoms with Crippen LogP contribution in [0.25, 0.3) is 5.52 Å².